The van der Waals surface area contributed by atoms with Crippen LogP contribution < -0.4 is 0 Å². The Kier molecular flexibility index (Phi) is 7.95. The lowest BCUT2D eigenvalue weighted by Crippen LogP contribution is -2.61. The summed E-state index contributed by atoms with van der Waals surface area (Å²) in [7, 11) is -0.842. The normalized spacial score (nSPS) is 27.0. The van der Waals surface area contributed by atoms with Crippen LogP contribution in [0.25, 0.3) is 0 Å². The number of ether oxygens (including phenoxy) is 3. The number of carbonyl (C=O) groups is 1. The van der Waals surface area contributed by atoms with Crippen LogP contribution in [0.5, 0.6) is 0 Å². The topological polar surface area (TPSA) is 138 Å². The summed E-state index contributed by atoms with van der Waals surface area (Å²) in [5.74, 6) is -1.04. The molecule has 0 unspecified atom stereocenters. The Hall–Kier alpha value is -1.89. The summed E-state index contributed by atoms with van der Waals surface area (Å²) < 4.78 is 22.3. The number of rotatable bonds is 7. The van der Waals surface area contributed by atoms with Crippen molar-refractivity contribution < 1.29 is 38.6 Å². The molecule has 11 heteroatoms. The Bertz CT molecular complexity index is 793. The first-order valence-corrected chi connectivity index (χ1v) is 12.8. The van der Waals surface area contributed by atoms with Gasteiger partial charge in [0, 0.05) is 13.2 Å². The van der Waals surface area contributed by atoms with Gasteiger partial charge in [0.2, 0.25) is 0 Å². The van der Waals surface area contributed by atoms with Gasteiger partial charge in [-0.05, 0) is 24.2 Å². The van der Waals surface area contributed by atoms with E-state index in [1.54, 1.807) is 0 Å². The van der Waals surface area contributed by atoms with Crippen LogP contribution in [0, 0.1) is 10.1 Å². The summed E-state index contributed by atoms with van der Waals surface area (Å²) in [6.45, 7) is 10.3. The molecule has 0 aliphatic carbocycles. The van der Waals surface area contributed by atoms with Crippen molar-refractivity contribution in [3.63, 3.8) is 0 Å². The molecular formula is C20H31NO9Si. The number of nitro benzene ring substituents is 1. The minimum atomic E-state index is -2.14. The molecule has 1 fully saturated rings. The molecule has 0 spiro atoms. The Morgan fingerprint density at radius 2 is 1.84 bits per heavy atom. The third-order valence-electron chi connectivity index (χ3n) is 5.86. The highest BCUT2D eigenvalue weighted by molar-refractivity contribution is 6.74. The maximum Gasteiger partial charge on any atom is 0.345 e. The summed E-state index contributed by atoms with van der Waals surface area (Å²) in [6, 6.07) is 5.28. The molecule has 10 nitrogen and oxygen atoms in total. The van der Waals surface area contributed by atoms with Gasteiger partial charge >= 0.3 is 5.97 Å². The van der Waals surface area contributed by atoms with Gasteiger partial charge in [0.05, 0.1) is 11.5 Å². The summed E-state index contributed by atoms with van der Waals surface area (Å²) in [4.78, 5) is 23.0. The zero-order valence-corrected chi connectivity index (χ0v) is 19.6. The molecule has 1 aromatic carbocycles. The molecule has 1 aromatic rings. The number of hydrogen-bond acceptors (Lipinski definition) is 9. The maximum absolute atomic E-state index is 12.6. The third kappa shape index (κ3) is 5.67. The second kappa shape index (κ2) is 9.71. The highest BCUT2D eigenvalue weighted by Gasteiger charge is 2.48. The van der Waals surface area contributed by atoms with Crippen molar-refractivity contribution >= 4 is 20.0 Å². The van der Waals surface area contributed by atoms with Crippen molar-refractivity contribution in [1.82, 2.24) is 0 Å². The van der Waals surface area contributed by atoms with Crippen LogP contribution in [0.1, 0.15) is 31.1 Å². The van der Waals surface area contributed by atoms with Crippen LogP contribution in [0.2, 0.25) is 18.1 Å². The standard InChI is InChI=1S/C20H31NO9Si/c1-20(2,3)31(5,6)28-11-14-15(22)16(23)17(19(27-4)29-14)30-18(24)12-9-7-8-10-13(12)21(25)26/h7-10,14-17,19,22-23H,11H2,1-6H3/t14-,15-,16+,17-,19+/m1/s1. The van der Waals surface area contributed by atoms with Gasteiger partial charge in [0.15, 0.2) is 20.7 Å². The molecule has 1 aliphatic heterocycles. The minimum absolute atomic E-state index is 0.0272. The third-order valence-corrected chi connectivity index (χ3v) is 10.4. The predicted octanol–water partition coefficient (Wildman–Crippen LogP) is 2.24. The van der Waals surface area contributed by atoms with E-state index in [1.807, 2.05) is 13.1 Å². The van der Waals surface area contributed by atoms with E-state index >= 15 is 0 Å². The lowest BCUT2D eigenvalue weighted by Gasteiger charge is -2.43. The lowest BCUT2D eigenvalue weighted by molar-refractivity contribution is -0.385. The Morgan fingerprint density at radius 1 is 1.23 bits per heavy atom. The number of benzene rings is 1. The van der Waals surface area contributed by atoms with E-state index in [0.29, 0.717) is 0 Å². The zero-order valence-electron chi connectivity index (χ0n) is 18.6. The van der Waals surface area contributed by atoms with E-state index in [9.17, 15) is 25.1 Å². The molecule has 0 saturated carbocycles. The van der Waals surface area contributed by atoms with Crippen molar-refractivity contribution in [3.8, 4) is 0 Å². The smallest absolute Gasteiger partial charge is 0.345 e. The number of nitrogens with zero attached hydrogens (tertiary/aromatic N) is 1. The molecule has 0 aromatic heterocycles. The summed E-state index contributed by atoms with van der Waals surface area (Å²) >= 11 is 0. The van der Waals surface area contributed by atoms with Crippen LogP contribution in [0.4, 0.5) is 5.69 Å². The van der Waals surface area contributed by atoms with E-state index in [2.05, 4.69) is 20.8 Å². The van der Waals surface area contributed by atoms with Crippen LogP contribution in [0.15, 0.2) is 24.3 Å². The first-order chi connectivity index (χ1) is 14.3. The first kappa shape index (κ1) is 25.4. The van der Waals surface area contributed by atoms with E-state index in [0.717, 1.165) is 0 Å². The van der Waals surface area contributed by atoms with Gasteiger partial charge in [-0.25, -0.2) is 4.79 Å². The molecule has 174 valence electrons. The van der Waals surface area contributed by atoms with Crippen LogP contribution in [0.3, 0.4) is 0 Å². The monoisotopic (exact) mass is 457 g/mol. The van der Waals surface area contributed by atoms with Crippen molar-refractivity contribution in [2.45, 2.75) is 69.6 Å². The summed E-state index contributed by atoms with van der Waals surface area (Å²) in [6.07, 6.45) is -6.46. The fourth-order valence-corrected chi connectivity index (χ4v) is 3.87. The minimum Gasteiger partial charge on any atom is -0.450 e. The van der Waals surface area contributed by atoms with Crippen molar-refractivity contribution in [2.75, 3.05) is 13.7 Å². The molecular weight excluding hydrogens is 426 g/mol. The number of carbonyl (C=O) groups excluding carboxylic acids is 1. The van der Waals surface area contributed by atoms with Gasteiger partial charge in [-0.15, -0.1) is 0 Å². The number of para-hydroxylation sites is 1. The molecule has 1 saturated heterocycles. The highest BCUT2D eigenvalue weighted by Crippen LogP contribution is 2.37. The largest absolute Gasteiger partial charge is 0.450 e. The van der Waals surface area contributed by atoms with E-state index in [-0.39, 0.29) is 17.2 Å². The molecule has 0 bridgehead atoms. The molecule has 1 aliphatic rings. The van der Waals surface area contributed by atoms with Crippen LogP contribution in [-0.4, -0.2) is 73.8 Å². The number of nitro groups is 1. The fraction of sp³-hybridized carbons (Fsp3) is 0.650. The van der Waals surface area contributed by atoms with E-state index in [1.165, 1.54) is 31.4 Å². The summed E-state index contributed by atoms with van der Waals surface area (Å²) in [5, 5.41) is 32.3. The maximum atomic E-state index is 12.6. The molecule has 5 atom stereocenters. The second-order valence-electron chi connectivity index (χ2n) is 8.98. The van der Waals surface area contributed by atoms with E-state index < -0.39 is 55.6 Å². The second-order valence-corrected chi connectivity index (χ2v) is 13.8. The molecule has 1 heterocycles. The van der Waals surface area contributed by atoms with Gasteiger partial charge < -0.3 is 28.8 Å². The Labute approximate surface area is 182 Å². The molecule has 31 heavy (non-hydrogen) atoms. The lowest BCUT2D eigenvalue weighted by atomic mass is 9.99. The fourth-order valence-electron chi connectivity index (χ4n) is 2.86. The highest BCUT2D eigenvalue weighted by atomic mass is 28.4. The van der Waals surface area contributed by atoms with Crippen molar-refractivity contribution in [3.05, 3.63) is 39.9 Å². The number of aliphatic hydroxyl groups is 2. The number of esters is 1. The molecule has 0 radical (unpaired) electrons. The molecule has 0 amide bonds. The Morgan fingerprint density at radius 3 is 2.39 bits per heavy atom. The van der Waals surface area contributed by atoms with E-state index in [4.69, 9.17) is 18.6 Å². The average molecular weight is 458 g/mol. The van der Waals surface area contributed by atoms with Gasteiger partial charge in [-0.3, -0.25) is 10.1 Å². The van der Waals surface area contributed by atoms with Crippen LogP contribution >= 0.6 is 0 Å². The average Bonchev–Trinajstić information content (AvgIpc) is 2.69. The molecule has 2 rings (SSSR count). The predicted molar refractivity (Wildman–Crippen MR) is 113 cm³/mol. The van der Waals surface area contributed by atoms with Crippen molar-refractivity contribution in [2.24, 2.45) is 0 Å². The zero-order chi connectivity index (χ0) is 23.6. The van der Waals surface area contributed by atoms with Crippen LogP contribution in [-0.2, 0) is 18.6 Å². The number of aliphatic hydroxyl groups excluding tert-OH is 2. The quantitative estimate of drug-likeness (QED) is 0.273. The summed E-state index contributed by atoms with van der Waals surface area (Å²) in [5.41, 5.74) is -0.721. The van der Waals surface area contributed by atoms with Gasteiger partial charge in [-0.1, -0.05) is 32.9 Å². The molecule has 2 N–H and O–H groups in total. The SMILES string of the molecule is CO[C@H]1O[C@H](CO[Si](C)(C)C(C)(C)C)[C@@H](O)[C@H](O)[C@H]1OC(=O)c1ccccc1[N+](=O)[O-]. The van der Waals surface area contributed by atoms with Gasteiger partial charge in [0.25, 0.3) is 5.69 Å². The number of hydrogen-bond donors (Lipinski definition) is 2. The number of methoxy groups -OCH3 is 1. The first-order valence-electron chi connectivity index (χ1n) is 9.93. The van der Waals surface area contributed by atoms with Gasteiger partial charge in [0.1, 0.15) is 23.9 Å². The van der Waals surface area contributed by atoms with Gasteiger partial charge in [-0.2, -0.15) is 0 Å². The van der Waals surface area contributed by atoms with Crippen molar-refractivity contribution in [1.29, 1.82) is 0 Å². The Balaban J connectivity index is 2.14.